The zero-order valence-corrected chi connectivity index (χ0v) is 18.7. The summed E-state index contributed by atoms with van der Waals surface area (Å²) < 4.78 is 11.6. The van der Waals surface area contributed by atoms with Gasteiger partial charge >= 0.3 is 0 Å². The Morgan fingerprint density at radius 1 is 1.19 bits per heavy atom. The highest BCUT2D eigenvalue weighted by Gasteiger charge is 2.22. The molecular formula is C26H30N2O4. The van der Waals surface area contributed by atoms with Crippen molar-refractivity contribution in [1.82, 2.24) is 4.90 Å². The van der Waals surface area contributed by atoms with E-state index in [2.05, 4.69) is 5.32 Å². The van der Waals surface area contributed by atoms with Gasteiger partial charge in [0.1, 0.15) is 17.6 Å². The summed E-state index contributed by atoms with van der Waals surface area (Å²) in [6.07, 6.45) is 7.37. The average molecular weight is 435 g/mol. The van der Waals surface area contributed by atoms with Gasteiger partial charge in [-0.3, -0.25) is 9.59 Å². The van der Waals surface area contributed by atoms with Gasteiger partial charge in [0, 0.05) is 36.7 Å². The van der Waals surface area contributed by atoms with Crippen LogP contribution in [0.25, 0.3) is 6.08 Å². The normalized spacial score (nSPS) is 17.7. The fourth-order valence-electron chi connectivity index (χ4n) is 4.25. The van der Waals surface area contributed by atoms with Crippen molar-refractivity contribution < 1.29 is 19.1 Å². The first-order valence-electron chi connectivity index (χ1n) is 11.4. The SMILES string of the molecule is CCOc1cc2c(cc1/C=C/C(=O)Nc1ccccc1C(=O)N1CCCCC1)OC(C)C2. The van der Waals surface area contributed by atoms with Gasteiger partial charge in [0.25, 0.3) is 5.91 Å². The topological polar surface area (TPSA) is 67.9 Å². The zero-order valence-electron chi connectivity index (χ0n) is 18.7. The molecule has 0 spiro atoms. The van der Waals surface area contributed by atoms with Gasteiger partial charge in [0.2, 0.25) is 5.91 Å². The highest BCUT2D eigenvalue weighted by molar-refractivity contribution is 6.07. The summed E-state index contributed by atoms with van der Waals surface area (Å²) in [4.78, 5) is 27.5. The number of carbonyl (C=O) groups is 2. The number of ether oxygens (including phenoxy) is 2. The van der Waals surface area contributed by atoms with E-state index in [9.17, 15) is 9.59 Å². The van der Waals surface area contributed by atoms with E-state index in [1.165, 1.54) is 6.08 Å². The second kappa shape index (κ2) is 9.90. The van der Waals surface area contributed by atoms with Crippen molar-refractivity contribution in [3.8, 4) is 11.5 Å². The molecule has 1 atom stereocenters. The Bertz CT molecular complexity index is 1020. The predicted molar refractivity (Wildman–Crippen MR) is 125 cm³/mol. The van der Waals surface area contributed by atoms with Crippen LogP contribution in [0.15, 0.2) is 42.5 Å². The predicted octanol–water partition coefficient (Wildman–Crippen LogP) is 4.69. The second-order valence-electron chi connectivity index (χ2n) is 8.28. The highest BCUT2D eigenvalue weighted by atomic mass is 16.5. The van der Waals surface area contributed by atoms with Crippen LogP contribution in [0.4, 0.5) is 5.69 Å². The Labute approximate surface area is 189 Å². The third-order valence-corrected chi connectivity index (χ3v) is 5.80. The number of rotatable bonds is 6. The van der Waals surface area contributed by atoms with Crippen molar-refractivity contribution in [2.24, 2.45) is 0 Å². The molecule has 2 heterocycles. The van der Waals surface area contributed by atoms with E-state index in [4.69, 9.17) is 9.47 Å². The fraction of sp³-hybridized carbons (Fsp3) is 0.385. The third kappa shape index (κ3) is 4.96. The Hall–Kier alpha value is -3.28. The number of piperidine rings is 1. The van der Waals surface area contributed by atoms with Crippen LogP contribution in [0.5, 0.6) is 11.5 Å². The van der Waals surface area contributed by atoms with E-state index in [1.807, 2.05) is 43.0 Å². The number of nitrogens with zero attached hydrogens (tertiary/aromatic N) is 1. The lowest BCUT2D eigenvalue weighted by Gasteiger charge is -2.27. The van der Waals surface area contributed by atoms with E-state index >= 15 is 0 Å². The van der Waals surface area contributed by atoms with Gasteiger partial charge < -0.3 is 19.7 Å². The maximum atomic E-state index is 13.0. The van der Waals surface area contributed by atoms with Crippen molar-refractivity contribution in [2.75, 3.05) is 25.0 Å². The Morgan fingerprint density at radius 2 is 1.97 bits per heavy atom. The number of fused-ring (bicyclic) bond motifs is 1. The minimum absolute atomic E-state index is 0.0342. The minimum Gasteiger partial charge on any atom is -0.493 e. The molecule has 2 aliphatic rings. The molecule has 4 rings (SSSR count). The lowest BCUT2D eigenvalue weighted by atomic mass is 10.1. The van der Waals surface area contributed by atoms with E-state index in [0.29, 0.717) is 17.9 Å². The summed E-state index contributed by atoms with van der Waals surface area (Å²) in [5, 5.41) is 2.87. The molecule has 168 valence electrons. The van der Waals surface area contributed by atoms with Crippen LogP contribution >= 0.6 is 0 Å². The minimum atomic E-state index is -0.305. The monoisotopic (exact) mass is 434 g/mol. The Morgan fingerprint density at radius 3 is 2.75 bits per heavy atom. The number of anilines is 1. The summed E-state index contributed by atoms with van der Waals surface area (Å²) in [5.74, 6) is 1.22. The van der Waals surface area contributed by atoms with Crippen LogP contribution < -0.4 is 14.8 Å². The van der Waals surface area contributed by atoms with E-state index in [-0.39, 0.29) is 17.9 Å². The summed E-state index contributed by atoms with van der Waals surface area (Å²) in [7, 11) is 0. The number of hydrogen-bond acceptors (Lipinski definition) is 4. The van der Waals surface area contributed by atoms with Crippen molar-refractivity contribution in [1.29, 1.82) is 0 Å². The van der Waals surface area contributed by atoms with E-state index < -0.39 is 0 Å². The second-order valence-corrected chi connectivity index (χ2v) is 8.28. The van der Waals surface area contributed by atoms with Gasteiger partial charge in [-0.2, -0.15) is 0 Å². The van der Waals surface area contributed by atoms with E-state index in [1.54, 1.807) is 18.2 Å². The standard InChI is InChI=1S/C26H30N2O4/c1-3-31-23-17-20-15-18(2)32-24(20)16-19(23)11-12-25(29)27-22-10-6-5-9-21(22)26(30)28-13-7-4-8-14-28/h5-6,9-12,16-18H,3-4,7-8,13-15H2,1-2H3,(H,27,29)/b12-11+. The number of likely N-dealkylation sites (tertiary alicyclic amines) is 1. The van der Waals surface area contributed by atoms with Crippen LogP contribution in [0.3, 0.4) is 0 Å². The smallest absolute Gasteiger partial charge is 0.255 e. The molecule has 0 saturated carbocycles. The number of benzene rings is 2. The zero-order chi connectivity index (χ0) is 22.5. The Kier molecular flexibility index (Phi) is 6.78. The maximum Gasteiger partial charge on any atom is 0.255 e. The van der Waals surface area contributed by atoms with Crippen molar-refractivity contribution in [3.05, 3.63) is 59.2 Å². The van der Waals surface area contributed by atoms with Crippen LogP contribution in [0, 0.1) is 0 Å². The molecule has 2 aromatic carbocycles. The molecule has 0 aromatic heterocycles. The molecule has 1 N–H and O–H groups in total. The average Bonchev–Trinajstić information content (AvgIpc) is 3.17. The van der Waals surface area contributed by atoms with Gasteiger partial charge in [-0.15, -0.1) is 0 Å². The maximum absolute atomic E-state index is 13.0. The lowest BCUT2D eigenvalue weighted by molar-refractivity contribution is -0.111. The first kappa shape index (κ1) is 21.9. The molecule has 1 unspecified atom stereocenters. The lowest BCUT2D eigenvalue weighted by Crippen LogP contribution is -2.36. The number of nitrogens with one attached hydrogen (secondary N) is 1. The Balaban J connectivity index is 1.50. The quantitative estimate of drug-likeness (QED) is 0.670. The van der Waals surface area contributed by atoms with Gasteiger partial charge in [-0.25, -0.2) is 0 Å². The van der Waals surface area contributed by atoms with Crippen LogP contribution in [0.1, 0.15) is 54.6 Å². The van der Waals surface area contributed by atoms with Gasteiger partial charge in [-0.05, 0) is 63.5 Å². The van der Waals surface area contributed by atoms with Crippen molar-refractivity contribution in [3.63, 3.8) is 0 Å². The largest absolute Gasteiger partial charge is 0.493 e. The number of amides is 2. The van der Waals surface area contributed by atoms with Gasteiger partial charge in [0.15, 0.2) is 0 Å². The number of hydrogen-bond donors (Lipinski definition) is 1. The summed E-state index contributed by atoms with van der Waals surface area (Å²) in [5.41, 5.74) is 2.94. The molecule has 0 radical (unpaired) electrons. The molecule has 0 bridgehead atoms. The molecular weight excluding hydrogens is 404 g/mol. The summed E-state index contributed by atoms with van der Waals surface area (Å²) >= 11 is 0. The number of carbonyl (C=O) groups excluding carboxylic acids is 2. The molecule has 2 amide bonds. The molecule has 1 fully saturated rings. The molecule has 6 heteroatoms. The molecule has 2 aromatic rings. The first-order valence-corrected chi connectivity index (χ1v) is 11.4. The molecule has 6 nitrogen and oxygen atoms in total. The van der Waals surface area contributed by atoms with Crippen LogP contribution in [0.2, 0.25) is 0 Å². The molecule has 0 aliphatic carbocycles. The van der Waals surface area contributed by atoms with Gasteiger partial charge in [-0.1, -0.05) is 12.1 Å². The van der Waals surface area contributed by atoms with Crippen molar-refractivity contribution >= 4 is 23.6 Å². The summed E-state index contributed by atoms with van der Waals surface area (Å²) in [6, 6.07) is 11.1. The molecule has 32 heavy (non-hydrogen) atoms. The summed E-state index contributed by atoms with van der Waals surface area (Å²) in [6.45, 7) is 6.03. The number of para-hydroxylation sites is 1. The molecule has 2 aliphatic heterocycles. The van der Waals surface area contributed by atoms with E-state index in [0.717, 1.165) is 61.4 Å². The van der Waals surface area contributed by atoms with Crippen LogP contribution in [-0.4, -0.2) is 42.5 Å². The fourth-order valence-corrected chi connectivity index (χ4v) is 4.25. The van der Waals surface area contributed by atoms with Gasteiger partial charge in [0.05, 0.1) is 17.9 Å². The third-order valence-electron chi connectivity index (χ3n) is 5.80. The molecule has 1 saturated heterocycles. The van der Waals surface area contributed by atoms with Crippen molar-refractivity contribution in [2.45, 2.75) is 45.6 Å². The first-order chi connectivity index (χ1) is 15.5. The van der Waals surface area contributed by atoms with Crippen LogP contribution in [-0.2, 0) is 11.2 Å². The highest BCUT2D eigenvalue weighted by Crippen LogP contribution is 2.35.